The van der Waals surface area contributed by atoms with Crippen LogP contribution >= 0.6 is 0 Å². The van der Waals surface area contributed by atoms with Crippen molar-refractivity contribution in [1.29, 1.82) is 0 Å². The highest BCUT2D eigenvalue weighted by molar-refractivity contribution is 5.62. The van der Waals surface area contributed by atoms with Crippen LogP contribution in [0, 0.1) is 0 Å². The zero-order valence-electron chi connectivity index (χ0n) is 11.3. The summed E-state index contributed by atoms with van der Waals surface area (Å²) in [5, 5.41) is 30.7. The Hall–Kier alpha value is -1.50. The molecule has 6 heteroatoms. The Balaban J connectivity index is 2.95. The molecule has 0 saturated heterocycles. The van der Waals surface area contributed by atoms with Gasteiger partial charge in [0.25, 0.3) is 0 Å². The summed E-state index contributed by atoms with van der Waals surface area (Å²) < 4.78 is 5.55. The first-order valence-electron chi connectivity index (χ1n) is 6.13. The number of hydrogen-bond donors (Lipinski definition) is 5. The molecular weight excluding hydrogens is 248 g/mol. The smallest absolute Gasteiger partial charge is 0.144 e. The second-order valence-electron chi connectivity index (χ2n) is 4.80. The number of rotatable bonds is 7. The van der Waals surface area contributed by atoms with Gasteiger partial charge in [0.1, 0.15) is 11.3 Å². The Morgan fingerprint density at radius 3 is 2.26 bits per heavy atom. The van der Waals surface area contributed by atoms with Gasteiger partial charge in [0.05, 0.1) is 31.6 Å². The van der Waals surface area contributed by atoms with Gasteiger partial charge in [-0.3, -0.25) is 0 Å². The zero-order valence-corrected chi connectivity index (χ0v) is 11.3. The minimum absolute atomic E-state index is 0.0177. The number of ether oxygens (including phenoxy) is 1. The molecule has 1 aromatic rings. The highest BCUT2D eigenvalue weighted by Gasteiger charge is 2.27. The van der Waals surface area contributed by atoms with Gasteiger partial charge in [-0.1, -0.05) is 0 Å². The topological polar surface area (TPSA) is 108 Å². The fourth-order valence-corrected chi connectivity index (χ4v) is 1.54. The lowest BCUT2D eigenvalue weighted by Gasteiger charge is -2.30. The number of benzene rings is 1. The highest BCUT2D eigenvalue weighted by Crippen LogP contribution is 2.28. The van der Waals surface area contributed by atoms with E-state index in [2.05, 4.69) is 5.32 Å². The van der Waals surface area contributed by atoms with Crippen molar-refractivity contribution in [1.82, 2.24) is 0 Å². The standard InChI is InChI=1S/C13H22N2O4/c1-9(2)19-12-5-10(3-4-11(12)14)15-13(6-16,7-17)8-18/h3-5,9,15-18H,6-8,14H2,1-2H3. The molecular formula is C13H22N2O4. The number of aliphatic hydroxyl groups excluding tert-OH is 3. The predicted molar refractivity (Wildman–Crippen MR) is 74.2 cm³/mol. The summed E-state index contributed by atoms with van der Waals surface area (Å²) in [7, 11) is 0. The number of nitrogens with two attached hydrogens (primary N) is 1. The van der Waals surface area contributed by atoms with Gasteiger partial charge in [-0.25, -0.2) is 0 Å². The van der Waals surface area contributed by atoms with Crippen molar-refractivity contribution in [3.63, 3.8) is 0 Å². The van der Waals surface area contributed by atoms with E-state index < -0.39 is 25.4 Å². The summed E-state index contributed by atoms with van der Waals surface area (Å²) in [6.45, 7) is 2.58. The van der Waals surface area contributed by atoms with Gasteiger partial charge >= 0.3 is 0 Å². The van der Waals surface area contributed by atoms with Gasteiger partial charge in [-0.2, -0.15) is 0 Å². The fourth-order valence-electron chi connectivity index (χ4n) is 1.54. The summed E-state index contributed by atoms with van der Waals surface area (Å²) >= 11 is 0. The molecule has 0 amide bonds. The third-order valence-corrected chi connectivity index (χ3v) is 2.69. The molecule has 1 aromatic carbocycles. The average Bonchev–Trinajstić information content (AvgIpc) is 2.39. The van der Waals surface area contributed by atoms with E-state index in [0.717, 1.165) is 0 Å². The van der Waals surface area contributed by atoms with E-state index in [1.165, 1.54) is 0 Å². The largest absolute Gasteiger partial charge is 0.489 e. The summed E-state index contributed by atoms with van der Waals surface area (Å²) in [6, 6.07) is 5.03. The van der Waals surface area contributed by atoms with Crippen LogP contribution in [0.15, 0.2) is 18.2 Å². The van der Waals surface area contributed by atoms with Gasteiger partial charge in [0.2, 0.25) is 0 Å². The van der Waals surface area contributed by atoms with Gasteiger partial charge in [0.15, 0.2) is 0 Å². The lowest BCUT2D eigenvalue weighted by atomic mass is 10.0. The number of anilines is 2. The number of nitrogen functional groups attached to an aromatic ring is 1. The van der Waals surface area contributed by atoms with Gasteiger partial charge < -0.3 is 31.1 Å². The minimum Gasteiger partial charge on any atom is -0.489 e. The predicted octanol–water partition coefficient (Wildman–Crippen LogP) is 0.184. The summed E-state index contributed by atoms with van der Waals surface area (Å²) in [4.78, 5) is 0. The third kappa shape index (κ3) is 3.99. The monoisotopic (exact) mass is 270 g/mol. The molecule has 6 nitrogen and oxygen atoms in total. The number of nitrogens with one attached hydrogen (secondary N) is 1. The van der Waals surface area contributed by atoms with E-state index in [1.807, 2.05) is 13.8 Å². The van der Waals surface area contributed by atoms with Crippen LogP contribution in [0.5, 0.6) is 5.75 Å². The molecule has 0 bridgehead atoms. The quantitative estimate of drug-likeness (QED) is 0.452. The molecule has 0 aromatic heterocycles. The van der Waals surface area contributed by atoms with Crippen LogP contribution in [0.4, 0.5) is 11.4 Å². The lowest BCUT2D eigenvalue weighted by molar-refractivity contribution is 0.0833. The molecule has 0 aliphatic carbocycles. The second-order valence-corrected chi connectivity index (χ2v) is 4.80. The van der Waals surface area contributed by atoms with E-state index in [-0.39, 0.29) is 6.10 Å². The molecule has 0 radical (unpaired) electrons. The normalized spacial score (nSPS) is 11.7. The van der Waals surface area contributed by atoms with Crippen LogP contribution < -0.4 is 15.8 Å². The maximum atomic E-state index is 9.27. The van der Waals surface area contributed by atoms with Crippen molar-refractivity contribution in [2.75, 3.05) is 30.9 Å². The van der Waals surface area contributed by atoms with Crippen LogP contribution in [0.1, 0.15) is 13.8 Å². The summed E-state index contributed by atoms with van der Waals surface area (Å²) in [5.74, 6) is 0.516. The third-order valence-electron chi connectivity index (χ3n) is 2.69. The molecule has 19 heavy (non-hydrogen) atoms. The second kappa shape index (κ2) is 6.60. The van der Waals surface area contributed by atoms with Crippen molar-refractivity contribution in [3.05, 3.63) is 18.2 Å². The summed E-state index contributed by atoms with van der Waals surface area (Å²) in [6.07, 6.45) is -0.0177. The lowest BCUT2D eigenvalue weighted by Crippen LogP contribution is -2.49. The molecule has 0 unspecified atom stereocenters. The molecule has 0 aliphatic heterocycles. The molecule has 0 saturated carbocycles. The van der Waals surface area contributed by atoms with E-state index in [9.17, 15) is 15.3 Å². The van der Waals surface area contributed by atoms with Crippen molar-refractivity contribution in [2.45, 2.75) is 25.5 Å². The Morgan fingerprint density at radius 2 is 1.79 bits per heavy atom. The minimum atomic E-state index is -1.18. The number of aliphatic hydroxyl groups is 3. The molecule has 1 rings (SSSR count). The molecule has 0 heterocycles. The Kier molecular flexibility index (Phi) is 5.41. The van der Waals surface area contributed by atoms with Gasteiger partial charge in [0, 0.05) is 11.8 Å². The fraction of sp³-hybridized carbons (Fsp3) is 0.538. The molecule has 108 valence electrons. The number of hydrogen-bond acceptors (Lipinski definition) is 6. The highest BCUT2D eigenvalue weighted by atomic mass is 16.5. The Labute approximate surface area is 112 Å². The SMILES string of the molecule is CC(C)Oc1cc(NC(CO)(CO)CO)ccc1N. The molecule has 0 fully saturated rings. The van der Waals surface area contributed by atoms with E-state index in [0.29, 0.717) is 17.1 Å². The average molecular weight is 270 g/mol. The van der Waals surface area contributed by atoms with Crippen molar-refractivity contribution in [3.8, 4) is 5.75 Å². The Morgan fingerprint density at radius 1 is 1.21 bits per heavy atom. The van der Waals surface area contributed by atoms with E-state index in [4.69, 9.17) is 10.5 Å². The Bertz CT molecular complexity index is 397. The maximum Gasteiger partial charge on any atom is 0.144 e. The summed E-state index contributed by atoms with van der Waals surface area (Å²) in [5.41, 5.74) is 5.72. The first-order chi connectivity index (χ1) is 8.96. The first-order valence-corrected chi connectivity index (χ1v) is 6.13. The van der Waals surface area contributed by atoms with Crippen LogP contribution in [0.2, 0.25) is 0 Å². The van der Waals surface area contributed by atoms with Crippen LogP contribution in [-0.4, -0.2) is 46.8 Å². The molecule has 6 N–H and O–H groups in total. The first kappa shape index (κ1) is 15.6. The molecule has 0 atom stereocenters. The van der Waals surface area contributed by atoms with Crippen molar-refractivity contribution in [2.24, 2.45) is 0 Å². The van der Waals surface area contributed by atoms with Crippen LogP contribution in [-0.2, 0) is 0 Å². The van der Waals surface area contributed by atoms with Crippen molar-refractivity contribution < 1.29 is 20.1 Å². The maximum absolute atomic E-state index is 9.27. The van der Waals surface area contributed by atoms with Crippen molar-refractivity contribution >= 4 is 11.4 Å². The van der Waals surface area contributed by atoms with Gasteiger partial charge in [-0.15, -0.1) is 0 Å². The van der Waals surface area contributed by atoms with Crippen LogP contribution in [0.3, 0.4) is 0 Å². The molecule has 0 aliphatic rings. The van der Waals surface area contributed by atoms with Gasteiger partial charge in [-0.05, 0) is 26.0 Å². The van der Waals surface area contributed by atoms with Crippen LogP contribution in [0.25, 0.3) is 0 Å². The van der Waals surface area contributed by atoms with E-state index in [1.54, 1.807) is 18.2 Å². The zero-order chi connectivity index (χ0) is 14.5. The van der Waals surface area contributed by atoms with E-state index >= 15 is 0 Å². The molecule has 0 spiro atoms.